The number of nitrogens with zero attached hydrogens (tertiary/aromatic N) is 1. The minimum Gasteiger partial charge on any atom is -0.347 e. The molecule has 0 atom stereocenters. The lowest BCUT2D eigenvalue weighted by Crippen LogP contribution is -2.23. The molecule has 0 fully saturated rings. The fraction of sp³-hybridized carbons (Fsp3) is 0.111. The van der Waals surface area contributed by atoms with Crippen LogP contribution in [0.25, 0.3) is 11.3 Å². The van der Waals surface area contributed by atoms with Gasteiger partial charge in [-0.05, 0) is 35.9 Å². The van der Waals surface area contributed by atoms with Gasteiger partial charge in [-0.15, -0.1) is 0 Å². The van der Waals surface area contributed by atoms with Gasteiger partial charge in [0.25, 0.3) is 5.91 Å². The summed E-state index contributed by atoms with van der Waals surface area (Å²) in [5, 5.41) is 9.89. The summed E-state index contributed by atoms with van der Waals surface area (Å²) in [5.74, 6) is -0.411. The molecule has 1 heterocycles. The van der Waals surface area contributed by atoms with E-state index in [0.717, 1.165) is 17.7 Å². The van der Waals surface area contributed by atoms with Crippen LogP contribution >= 0.6 is 11.6 Å². The molecule has 0 aliphatic rings. The zero-order chi connectivity index (χ0) is 18.7. The van der Waals surface area contributed by atoms with E-state index in [0.29, 0.717) is 16.3 Å². The first-order chi connectivity index (χ1) is 12.3. The molecule has 0 radical (unpaired) electrons. The van der Waals surface area contributed by atoms with Crippen molar-refractivity contribution >= 4 is 17.5 Å². The molecule has 26 heavy (non-hydrogen) atoms. The fourth-order valence-electron chi connectivity index (χ4n) is 2.32. The van der Waals surface area contributed by atoms with E-state index in [9.17, 15) is 18.0 Å². The van der Waals surface area contributed by atoms with E-state index in [1.54, 1.807) is 24.3 Å². The van der Waals surface area contributed by atoms with Crippen LogP contribution in [0, 0.1) is 0 Å². The summed E-state index contributed by atoms with van der Waals surface area (Å²) in [4.78, 5) is 12.2. The van der Waals surface area contributed by atoms with Crippen LogP contribution in [0.4, 0.5) is 13.2 Å². The van der Waals surface area contributed by atoms with Crippen LogP contribution in [0.2, 0.25) is 5.02 Å². The predicted molar refractivity (Wildman–Crippen MR) is 91.6 cm³/mol. The number of rotatable bonds is 4. The maximum Gasteiger partial charge on any atom is 0.416 e. The van der Waals surface area contributed by atoms with Crippen LogP contribution in [0.3, 0.4) is 0 Å². The lowest BCUT2D eigenvalue weighted by Gasteiger charge is -2.08. The van der Waals surface area contributed by atoms with Gasteiger partial charge < -0.3 is 5.32 Å². The SMILES string of the molecule is O=C(NCc1ccc(C(F)(F)F)cc1)c1cc(-c2cccc(Cl)c2)n[nH]1. The number of carbonyl (C=O) groups is 1. The molecule has 0 unspecified atom stereocenters. The average Bonchev–Trinajstić information content (AvgIpc) is 3.09. The van der Waals surface area contributed by atoms with Crippen molar-refractivity contribution in [2.24, 2.45) is 0 Å². The number of aromatic nitrogens is 2. The molecule has 134 valence electrons. The number of hydrogen-bond donors (Lipinski definition) is 2. The molecular weight excluding hydrogens is 367 g/mol. The molecule has 0 bridgehead atoms. The second kappa shape index (κ2) is 7.21. The van der Waals surface area contributed by atoms with Crippen molar-refractivity contribution in [3.8, 4) is 11.3 Å². The molecule has 0 aliphatic carbocycles. The van der Waals surface area contributed by atoms with Crippen molar-refractivity contribution in [2.45, 2.75) is 12.7 Å². The number of halogens is 4. The Morgan fingerprint density at radius 2 is 1.85 bits per heavy atom. The largest absolute Gasteiger partial charge is 0.416 e. The molecule has 2 aromatic carbocycles. The molecule has 4 nitrogen and oxygen atoms in total. The van der Waals surface area contributed by atoms with Crippen molar-refractivity contribution in [1.29, 1.82) is 0 Å². The second-order valence-electron chi connectivity index (χ2n) is 5.55. The van der Waals surface area contributed by atoms with E-state index >= 15 is 0 Å². The van der Waals surface area contributed by atoms with E-state index in [-0.39, 0.29) is 12.2 Å². The molecular formula is C18H13ClF3N3O. The topological polar surface area (TPSA) is 57.8 Å². The lowest BCUT2D eigenvalue weighted by atomic mass is 10.1. The number of alkyl halides is 3. The summed E-state index contributed by atoms with van der Waals surface area (Å²) < 4.78 is 37.6. The first-order valence-electron chi connectivity index (χ1n) is 7.58. The molecule has 1 amide bonds. The Balaban J connectivity index is 1.64. The minimum absolute atomic E-state index is 0.0997. The summed E-state index contributed by atoms with van der Waals surface area (Å²) in [6.45, 7) is 0.0997. The van der Waals surface area contributed by atoms with Gasteiger partial charge in [-0.25, -0.2) is 0 Å². The van der Waals surface area contributed by atoms with Gasteiger partial charge in [0.1, 0.15) is 5.69 Å². The predicted octanol–water partition coefficient (Wildman–Crippen LogP) is 4.68. The highest BCUT2D eigenvalue weighted by molar-refractivity contribution is 6.30. The first kappa shape index (κ1) is 18.0. The summed E-state index contributed by atoms with van der Waals surface area (Å²) in [7, 11) is 0. The Hall–Kier alpha value is -2.80. The first-order valence-corrected chi connectivity index (χ1v) is 7.96. The Bertz CT molecular complexity index is 920. The second-order valence-corrected chi connectivity index (χ2v) is 5.99. The van der Waals surface area contributed by atoms with Crippen LogP contribution < -0.4 is 5.32 Å². The standard InChI is InChI=1S/C18H13ClF3N3O/c19-14-3-1-2-12(8-14)15-9-16(25-24-15)17(26)23-10-11-4-6-13(7-5-11)18(20,21)22/h1-9H,10H2,(H,23,26)(H,24,25). The van der Waals surface area contributed by atoms with Crippen molar-refractivity contribution in [1.82, 2.24) is 15.5 Å². The van der Waals surface area contributed by atoms with Crippen molar-refractivity contribution in [3.05, 3.63) is 76.4 Å². The van der Waals surface area contributed by atoms with E-state index < -0.39 is 17.6 Å². The Morgan fingerprint density at radius 1 is 1.12 bits per heavy atom. The molecule has 0 saturated carbocycles. The third kappa shape index (κ3) is 4.23. The molecule has 2 N–H and O–H groups in total. The number of nitrogens with one attached hydrogen (secondary N) is 2. The van der Waals surface area contributed by atoms with Crippen molar-refractivity contribution in [2.75, 3.05) is 0 Å². The van der Waals surface area contributed by atoms with Crippen LogP contribution in [0.5, 0.6) is 0 Å². The number of aromatic amines is 1. The monoisotopic (exact) mass is 379 g/mol. The maximum absolute atomic E-state index is 12.5. The minimum atomic E-state index is -4.38. The number of carbonyl (C=O) groups excluding carboxylic acids is 1. The smallest absolute Gasteiger partial charge is 0.347 e. The quantitative estimate of drug-likeness (QED) is 0.691. The van der Waals surface area contributed by atoms with Gasteiger partial charge in [0.15, 0.2) is 0 Å². The van der Waals surface area contributed by atoms with Gasteiger partial charge >= 0.3 is 6.18 Å². The Kier molecular flexibility index (Phi) is 4.99. The molecule has 0 spiro atoms. The van der Waals surface area contributed by atoms with E-state index in [1.807, 2.05) is 6.07 Å². The zero-order valence-corrected chi connectivity index (χ0v) is 14.0. The van der Waals surface area contributed by atoms with Gasteiger partial charge in [0, 0.05) is 17.1 Å². The Labute approximate surface area is 152 Å². The van der Waals surface area contributed by atoms with Gasteiger partial charge in [-0.2, -0.15) is 18.3 Å². The van der Waals surface area contributed by atoms with Gasteiger partial charge in [0.2, 0.25) is 0 Å². The number of benzene rings is 2. The zero-order valence-electron chi connectivity index (χ0n) is 13.3. The molecule has 3 rings (SSSR count). The molecule has 0 saturated heterocycles. The molecule has 3 aromatic rings. The molecule has 8 heteroatoms. The summed E-state index contributed by atoms with van der Waals surface area (Å²) in [6, 6.07) is 13.2. The van der Waals surface area contributed by atoms with Crippen LogP contribution in [0.1, 0.15) is 21.6 Å². The average molecular weight is 380 g/mol. The summed E-state index contributed by atoms with van der Waals surface area (Å²) >= 11 is 5.93. The van der Waals surface area contributed by atoms with Crippen LogP contribution in [0.15, 0.2) is 54.6 Å². The Morgan fingerprint density at radius 3 is 2.50 bits per heavy atom. The fourth-order valence-corrected chi connectivity index (χ4v) is 2.51. The third-order valence-electron chi connectivity index (χ3n) is 3.68. The van der Waals surface area contributed by atoms with Crippen molar-refractivity contribution < 1.29 is 18.0 Å². The summed E-state index contributed by atoms with van der Waals surface area (Å²) in [5.41, 5.74) is 1.39. The number of hydrogen-bond acceptors (Lipinski definition) is 2. The third-order valence-corrected chi connectivity index (χ3v) is 3.91. The normalized spacial score (nSPS) is 11.4. The number of amides is 1. The van der Waals surface area contributed by atoms with Crippen molar-refractivity contribution in [3.63, 3.8) is 0 Å². The highest BCUT2D eigenvalue weighted by atomic mass is 35.5. The highest BCUT2D eigenvalue weighted by Crippen LogP contribution is 2.29. The summed E-state index contributed by atoms with van der Waals surface area (Å²) in [6.07, 6.45) is -4.38. The van der Waals surface area contributed by atoms with E-state index in [2.05, 4.69) is 15.5 Å². The van der Waals surface area contributed by atoms with Crippen LogP contribution in [-0.4, -0.2) is 16.1 Å². The molecule has 0 aliphatic heterocycles. The van der Waals surface area contributed by atoms with E-state index in [4.69, 9.17) is 11.6 Å². The van der Waals surface area contributed by atoms with E-state index in [1.165, 1.54) is 12.1 Å². The number of H-pyrrole nitrogens is 1. The molecule has 1 aromatic heterocycles. The lowest BCUT2D eigenvalue weighted by molar-refractivity contribution is -0.137. The van der Waals surface area contributed by atoms with Gasteiger partial charge in [0.05, 0.1) is 11.3 Å². The highest BCUT2D eigenvalue weighted by Gasteiger charge is 2.29. The van der Waals surface area contributed by atoms with Gasteiger partial charge in [-0.1, -0.05) is 35.9 Å². The maximum atomic E-state index is 12.5. The van der Waals surface area contributed by atoms with Crippen LogP contribution in [-0.2, 0) is 12.7 Å². The van der Waals surface area contributed by atoms with Gasteiger partial charge in [-0.3, -0.25) is 9.89 Å².